The number of phosphoric acid groups is 3. The molecule has 0 radical (unpaired) electrons. The van der Waals surface area contributed by atoms with Gasteiger partial charge < -0.3 is 49.3 Å². The third kappa shape index (κ3) is 28.7. The fraction of sp³-hybridized carbons (Fsp3) is 0.923. The van der Waals surface area contributed by atoms with E-state index < -0.39 is 91.3 Å². The second kappa shape index (κ2) is 32.5. The van der Waals surface area contributed by atoms with Crippen molar-refractivity contribution in [3.63, 3.8) is 0 Å². The molecule has 0 saturated heterocycles. The minimum atomic E-state index is -5.55. The first-order valence-corrected chi connectivity index (χ1v) is 26.8. The van der Waals surface area contributed by atoms with E-state index >= 15 is 0 Å². The van der Waals surface area contributed by atoms with Gasteiger partial charge in [-0.2, -0.15) is 0 Å². The molecule has 0 amide bonds. The average Bonchev–Trinajstić information content (AvgIpc) is 3.18. The van der Waals surface area contributed by atoms with Crippen molar-refractivity contribution >= 4 is 41.2 Å². The molecule has 1 aliphatic rings. The molecule has 0 bridgehead atoms. The summed E-state index contributed by atoms with van der Waals surface area (Å²) >= 11 is 0. The van der Waals surface area contributed by atoms with E-state index in [1.54, 1.807) is 0 Å². The number of Topliss-reactive ketones (excluding diaryl/α,β-unsaturated/α-hetero) is 1. The highest BCUT2D eigenvalue weighted by atomic mass is 31.2. The van der Waals surface area contributed by atoms with E-state index in [1.807, 2.05) is 6.92 Å². The number of carbonyl (C=O) groups excluding carboxylic acids is 3. The van der Waals surface area contributed by atoms with Crippen molar-refractivity contribution in [3.8, 4) is 0 Å². The monoisotopic (exact) mass is 956 g/mol. The molecule has 62 heavy (non-hydrogen) atoms. The summed E-state index contributed by atoms with van der Waals surface area (Å²) in [5.74, 6) is -1.08. The van der Waals surface area contributed by atoms with Crippen LogP contribution in [0, 0.1) is 0 Å². The molecule has 1 saturated carbocycles. The van der Waals surface area contributed by atoms with Crippen molar-refractivity contribution in [1.29, 1.82) is 0 Å². The van der Waals surface area contributed by atoms with Gasteiger partial charge in [-0.15, -0.1) is 0 Å². The van der Waals surface area contributed by atoms with Crippen LogP contribution in [0.2, 0.25) is 0 Å². The summed E-state index contributed by atoms with van der Waals surface area (Å²) in [5, 5.41) is 31.8. The van der Waals surface area contributed by atoms with Crippen molar-refractivity contribution in [3.05, 3.63) is 0 Å². The van der Waals surface area contributed by atoms with Crippen LogP contribution in [0.4, 0.5) is 0 Å². The average molecular weight is 957 g/mol. The number of hydrogen-bond donors (Lipinski definition) is 8. The molecule has 0 aromatic carbocycles. The van der Waals surface area contributed by atoms with Crippen molar-refractivity contribution in [2.75, 3.05) is 13.2 Å². The summed E-state index contributed by atoms with van der Waals surface area (Å²) < 4.78 is 65.3. The summed E-state index contributed by atoms with van der Waals surface area (Å²) in [6.07, 6.45) is 5.64. The minimum Gasteiger partial charge on any atom is -0.462 e. The van der Waals surface area contributed by atoms with Crippen LogP contribution in [-0.2, 0) is 55.6 Å². The summed E-state index contributed by atoms with van der Waals surface area (Å²) in [5.41, 5.74) is 0. The molecule has 20 nitrogen and oxygen atoms in total. The van der Waals surface area contributed by atoms with Crippen molar-refractivity contribution in [1.82, 2.24) is 0 Å². The van der Waals surface area contributed by atoms with E-state index in [1.165, 1.54) is 44.9 Å². The molecule has 0 aromatic heterocycles. The molecule has 8 atom stereocenters. The van der Waals surface area contributed by atoms with Gasteiger partial charge in [0.25, 0.3) is 0 Å². The van der Waals surface area contributed by atoms with Gasteiger partial charge in [0.15, 0.2) is 6.10 Å². The zero-order valence-corrected chi connectivity index (χ0v) is 39.1. The van der Waals surface area contributed by atoms with Crippen LogP contribution >= 0.6 is 23.5 Å². The van der Waals surface area contributed by atoms with E-state index in [4.69, 9.17) is 18.5 Å². The summed E-state index contributed by atoms with van der Waals surface area (Å²) in [7, 11) is -16.6. The zero-order valence-electron chi connectivity index (χ0n) is 36.5. The molecule has 0 aliphatic heterocycles. The van der Waals surface area contributed by atoms with Crippen LogP contribution in [0.3, 0.4) is 0 Å². The van der Waals surface area contributed by atoms with E-state index in [0.717, 1.165) is 77.0 Å². The van der Waals surface area contributed by atoms with Crippen LogP contribution in [0.25, 0.3) is 0 Å². The Morgan fingerprint density at radius 1 is 0.468 bits per heavy atom. The van der Waals surface area contributed by atoms with Crippen molar-refractivity contribution < 1.29 is 95.4 Å². The Bertz CT molecular complexity index is 1350. The Morgan fingerprint density at radius 3 is 1.24 bits per heavy atom. The Labute approximate surface area is 366 Å². The summed E-state index contributed by atoms with van der Waals surface area (Å²) in [6, 6.07) is 0. The Kier molecular flexibility index (Phi) is 30.8. The van der Waals surface area contributed by atoms with Gasteiger partial charge in [0.2, 0.25) is 0 Å². The second-order valence-electron chi connectivity index (χ2n) is 16.0. The fourth-order valence-electron chi connectivity index (χ4n) is 7.01. The van der Waals surface area contributed by atoms with Gasteiger partial charge in [0.1, 0.15) is 49.0 Å². The number of hydrogen-bond acceptors (Lipinski definition) is 15. The first-order chi connectivity index (χ1) is 29.2. The summed E-state index contributed by atoms with van der Waals surface area (Å²) in [6.45, 7) is 2.63. The maximum Gasteiger partial charge on any atom is 0.472 e. The molecule has 366 valence electrons. The third-order valence-corrected chi connectivity index (χ3v) is 12.3. The molecule has 0 aromatic rings. The van der Waals surface area contributed by atoms with Gasteiger partial charge in [0, 0.05) is 25.7 Å². The van der Waals surface area contributed by atoms with Gasteiger partial charge in [-0.25, -0.2) is 13.7 Å². The molecular formula is C39H75O20P3. The van der Waals surface area contributed by atoms with Gasteiger partial charge in [-0.1, -0.05) is 123 Å². The van der Waals surface area contributed by atoms with E-state index in [-0.39, 0.29) is 18.6 Å². The number of ketones is 1. The normalized spacial score (nSPS) is 22.2. The number of ether oxygens (including phenoxy) is 2. The standard InChI is InChI=1S/C39H75O20P3/c1-3-5-6-7-8-9-10-11-12-13-16-20-23-27-33(42)56-31(28-54-32(41)26-22-19-17-14-15-18-21-25-30(40)24-4-2)29-55-62(52,53)59-39-35(44)37(57-60(46,47)48)34(43)38(36(39)45)58-61(49,50)51/h31,34-39,43-45H,3-29H2,1-2H3,(H,52,53)(H2,46,47,48)(H2,49,50,51)/t31-,34?,35-,36?,37-,38+,39?/m1/s1. The molecule has 1 fully saturated rings. The lowest BCUT2D eigenvalue weighted by Crippen LogP contribution is -2.65. The van der Waals surface area contributed by atoms with Crippen LogP contribution in [-0.4, -0.2) is 113 Å². The van der Waals surface area contributed by atoms with E-state index in [9.17, 15) is 67.9 Å². The summed E-state index contributed by atoms with van der Waals surface area (Å²) in [4.78, 5) is 84.6. The minimum absolute atomic E-state index is 0.0186. The zero-order chi connectivity index (χ0) is 46.6. The molecule has 0 heterocycles. The van der Waals surface area contributed by atoms with Crippen molar-refractivity contribution in [2.24, 2.45) is 0 Å². The predicted octanol–water partition coefficient (Wildman–Crippen LogP) is 6.36. The molecular weight excluding hydrogens is 881 g/mol. The Morgan fingerprint density at radius 2 is 0.839 bits per heavy atom. The van der Waals surface area contributed by atoms with Crippen LogP contribution in [0.1, 0.15) is 174 Å². The number of unbranched alkanes of at least 4 members (excludes halogenated alkanes) is 18. The predicted molar refractivity (Wildman–Crippen MR) is 225 cm³/mol. The van der Waals surface area contributed by atoms with Gasteiger partial charge in [0.05, 0.1) is 6.61 Å². The Hall–Kier alpha value is -1.18. The number of phosphoric ester groups is 3. The molecule has 8 N–H and O–H groups in total. The topological polar surface area (TPSA) is 320 Å². The lowest BCUT2D eigenvalue weighted by atomic mass is 9.85. The van der Waals surface area contributed by atoms with Crippen molar-refractivity contribution in [2.45, 2.75) is 217 Å². The van der Waals surface area contributed by atoms with Gasteiger partial charge >= 0.3 is 35.4 Å². The number of esters is 2. The highest BCUT2D eigenvalue weighted by Crippen LogP contribution is 2.51. The second-order valence-corrected chi connectivity index (χ2v) is 19.8. The van der Waals surface area contributed by atoms with Crippen LogP contribution in [0.15, 0.2) is 0 Å². The molecule has 4 unspecified atom stereocenters. The lowest BCUT2D eigenvalue weighted by molar-refractivity contribution is -0.213. The fourth-order valence-corrected chi connectivity index (χ4v) is 9.11. The maximum atomic E-state index is 13.1. The number of carbonyl (C=O) groups is 3. The van der Waals surface area contributed by atoms with E-state index in [0.29, 0.717) is 25.7 Å². The lowest BCUT2D eigenvalue weighted by Gasteiger charge is -2.44. The molecule has 23 heteroatoms. The van der Waals surface area contributed by atoms with E-state index in [2.05, 4.69) is 16.0 Å². The number of aliphatic hydroxyl groups excluding tert-OH is 3. The molecule has 0 spiro atoms. The van der Waals surface area contributed by atoms with Crippen LogP contribution in [0.5, 0.6) is 0 Å². The first-order valence-electron chi connectivity index (χ1n) is 22.2. The highest BCUT2D eigenvalue weighted by molar-refractivity contribution is 7.47. The smallest absolute Gasteiger partial charge is 0.462 e. The first kappa shape index (κ1) is 58.8. The number of rotatable bonds is 38. The maximum absolute atomic E-state index is 13.1. The quantitative estimate of drug-likeness (QED) is 0.0190. The SMILES string of the molecule is CCCCCCCCCCCCCCCC(=O)O[C@H](COC(=O)CCCCCCCCCC(=O)CCC)COP(=O)(O)OC1C(O)[C@@H](OP(=O)(O)O)C(O)[C@@H](OP(=O)(O)O)[C@H]1O. The van der Waals surface area contributed by atoms with Gasteiger partial charge in [-0.05, 0) is 25.7 Å². The number of aliphatic hydroxyl groups is 3. The highest BCUT2D eigenvalue weighted by Gasteiger charge is 2.56. The molecule has 1 aliphatic carbocycles. The Balaban J connectivity index is 2.80. The van der Waals surface area contributed by atoms with Gasteiger partial charge in [-0.3, -0.25) is 32.5 Å². The van der Waals surface area contributed by atoms with Crippen LogP contribution < -0.4 is 0 Å². The molecule has 1 rings (SSSR count). The third-order valence-electron chi connectivity index (χ3n) is 10.3. The largest absolute Gasteiger partial charge is 0.472 e.